The van der Waals surface area contributed by atoms with E-state index >= 15 is 0 Å². The molecule has 0 aromatic heterocycles. The maximum Gasteiger partial charge on any atom is 0.313 e. The molecule has 0 spiro atoms. The summed E-state index contributed by atoms with van der Waals surface area (Å²) in [7, 11) is 1.50. The van der Waals surface area contributed by atoms with Gasteiger partial charge in [0.25, 0.3) is 0 Å². The Kier molecular flexibility index (Phi) is 4.07. The minimum absolute atomic E-state index is 0.0214. The maximum atomic E-state index is 12.2. The molecule has 0 radical (unpaired) electrons. The van der Waals surface area contributed by atoms with Crippen molar-refractivity contribution in [3.05, 3.63) is 12.2 Å². The van der Waals surface area contributed by atoms with Crippen molar-refractivity contribution >= 4 is 28.6 Å². The van der Waals surface area contributed by atoms with Gasteiger partial charge in [0.15, 0.2) is 0 Å². The van der Waals surface area contributed by atoms with Crippen LogP contribution in [-0.4, -0.2) is 17.0 Å². The Labute approximate surface area is 130 Å². The molecule has 0 heterocycles. The number of ether oxygens (including phenoxy) is 1. The lowest BCUT2D eigenvalue weighted by molar-refractivity contribution is -0.155. The molecule has 2 rings (SSSR count). The molecule has 19 heavy (non-hydrogen) atoms. The average Bonchev–Trinajstić information content (AvgIpc) is 2.33. The Morgan fingerprint density at radius 2 is 2.00 bits per heavy atom. The number of halogens is 1. The highest BCUT2D eigenvalue weighted by atomic mass is 127. The zero-order valence-corrected chi connectivity index (χ0v) is 14.6. The molecule has 0 aliphatic heterocycles. The quantitative estimate of drug-likeness (QED) is 0.294. The van der Waals surface area contributed by atoms with Gasteiger partial charge in [0.05, 0.1) is 13.0 Å². The topological polar surface area (TPSA) is 26.3 Å². The first-order valence-electron chi connectivity index (χ1n) is 7.14. The second kappa shape index (κ2) is 5.05. The predicted molar refractivity (Wildman–Crippen MR) is 86.3 cm³/mol. The molecule has 0 aromatic rings. The molecule has 0 bridgehead atoms. The molecule has 0 N–H and O–H groups in total. The number of rotatable bonds is 1. The summed E-state index contributed by atoms with van der Waals surface area (Å²) in [6, 6.07) is 0. The highest BCUT2D eigenvalue weighted by molar-refractivity contribution is 14.1. The van der Waals surface area contributed by atoms with E-state index < -0.39 is 0 Å². The third-order valence-electron chi connectivity index (χ3n) is 5.70. The minimum Gasteiger partial charge on any atom is -0.469 e. The smallest absolute Gasteiger partial charge is 0.313 e. The van der Waals surface area contributed by atoms with Gasteiger partial charge in [-0.1, -0.05) is 55.5 Å². The van der Waals surface area contributed by atoms with Gasteiger partial charge in [0.2, 0.25) is 0 Å². The van der Waals surface area contributed by atoms with E-state index in [0.29, 0.717) is 9.84 Å². The van der Waals surface area contributed by atoms with Crippen molar-refractivity contribution < 1.29 is 9.53 Å². The van der Waals surface area contributed by atoms with Gasteiger partial charge >= 0.3 is 5.97 Å². The van der Waals surface area contributed by atoms with Gasteiger partial charge in [-0.3, -0.25) is 4.79 Å². The van der Waals surface area contributed by atoms with Gasteiger partial charge in [-0.2, -0.15) is 0 Å². The zero-order valence-electron chi connectivity index (χ0n) is 12.5. The highest BCUT2D eigenvalue weighted by Gasteiger charge is 2.57. The van der Waals surface area contributed by atoms with E-state index in [1.165, 1.54) is 13.5 Å². The van der Waals surface area contributed by atoms with Crippen LogP contribution in [0.2, 0.25) is 0 Å². The van der Waals surface area contributed by atoms with E-state index in [4.69, 9.17) is 4.74 Å². The summed E-state index contributed by atoms with van der Waals surface area (Å²) in [4.78, 5) is 12.2. The van der Waals surface area contributed by atoms with Crippen LogP contribution in [0.15, 0.2) is 12.2 Å². The number of hydrogen-bond acceptors (Lipinski definition) is 2. The fourth-order valence-corrected chi connectivity index (χ4v) is 5.34. The Hall–Kier alpha value is -0.0600. The zero-order chi connectivity index (χ0) is 14.4. The van der Waals surface area contributed by atoms with E-state index in [0.717, 1.165) is 24.8 Å². The van der Waals surface area contributed by atoms with Crippen LogP contribution in [0.4, 0.5) is 0 Å². The van der Waals surface area contributed by atoms with Crippen molar-refractivity contribution in [1.29, 1.82) is 0 Å². The summed E-state index contributed by atoms with van der Waals surface area (Å²) in [5.41, 5.74) is 1.38. The number of carbonyl (C=O) groups excluding carboxylic acids is 1. The lowest BCUT2D eigenvalue weighted by atomic mass is 9.47. The van der Waals surface area contributed by atoms with Gasteiger partial charge in [-0.25, -0.2) is 0 Å². The maximum absolute atomic E-state index is 12.2. The lowest BCUT2D eigenvalue weighted by Gasteiger charge is -2.58. The summed E-state index contributed by atoms with van der Waals surface area (Å²) in [6.07, 6.45) is 4.41. The highest BCUT2D eigenvalue weighted by Crippen LogP contribution is 2.62. The summed E-state index contributed by atoms with van der Waals surface area (Å²) in [5, 5.41) is 0. The van der Waals surface area contributed by atoms with E-state index in [-0.39, 0.29) is 22.7 Å². The molecule has 2 saturated carbocycles. The monoisotopic (exact) mass is 376 g/mol. The first-order chi connectivity index (χ1) is 8.75. The standard InChI is InChI=1S/C16H25IO2/c1-10-6-7-11-15(2,3)12(17)8-9-16(11,4)13(10)14(18)19-5/h11-13H,1,6-9H2,2-5H3/t11-,12?,13+,16-/m0/s1. The molecule has 2 fully saturated rings. The second-order valence-electron chi connectivity index (χ2n) is 7.04. The molecule has 4 atom stereocenters. The lowest BCUT2D eigenvalue weighted by Crippen LogP contribution is -2.55. The molecule has 1 unspecified atom stereocenters. The average molecular weight is 376 g/mol. The van der Waals surface area contributed by atoms with Crippen molar-refractivity contribution in [2.75, 3.05) is 7.11 Å². The first-order valence-corrected chi connectivity index (χ1v) is 8.39. The van der Waals surface area contributed by atoms with E-state index in [9.17, 15) is 4.79 Å². The number of carbonyl (C=O) groups is 1. The van der Waals surface area contributed by atoms with Crippen LogP contribution in [0, 0.1) is 22.7 Å². The van der Waals surface area contributed by atoms with Crippen molar-refractivity contribution in [2.24, 2.45) is 22.7 Å². The molecular weight excluding hydrogens is 351 g/mol. The normalized spacial score (nSPS) is 41.5. The van der Waals surface area contributed by atoms with Gasteiger partial charge < -0.3 is 4.74 Å². The Morgan fingerprint density at radius 1 is 1.37 bits per heavy atom. The van der Waals surface area contributed by atoms with Gasteiger partial charge in [0.1, 0.15) is 0 Å². The number of hydrogen-bond donors (Lipinski definition) is 0. The molecule has 0 aromatic carbocycles. The number of fused-ring (bicyclic) bond motifs is 1. The van der Waals surface area contributed by atoms with Crippen LogP contribution in [-0.2, 0) is 9.53 Å². The fourth-order valence-electron chi connectivity index (χ4n) is 4.59. The van der Waals surface area contributed by atoms with Crippen LogP contribution >= 0.6 is 22.6 Å². The van der Waals surface area contributed by atoms with E-state index in [2.05, 4.69) is 49.9 Å². The van der Waals surface area contributed by atoms with Crippen LogP contribution in [0.3, 0.4) is 0 Å². The predicted octanol–water partition coefficient (Wildman–Crippen LogP) is 4.37. The number of methoxy groups -OCH3 is 1. The van der Waals surface area contributed by atoms with Gasteiger partial charge in [-0.05, 0) is 42.4 Å². The van der Waals surface area contributed by atoms with Crippen LogP contribution in [0.5, 0.6) is 0 Å². The van der Waals surface area contributed by atoms with Crippen LogP contribution in [0.25, 0.3) is 0 Å². The Bertz CT molecular complexity index is 394. The Balaban J connectivity index is 2.42. The molecule has 2 aliphatic rings. The molecule has 0 amide bonds. The van der Waals surface area contributed by atoms with E-state index in [1.807, 2.05) is 0 Å². The molecule has 3 heteroatoms. The summed E-state index contributed by atoms with van der Waals surface area (Å²) in [6.45, 7) is 11.2. The van der Waals surface area contributed by atoms with Crippen LogP contribution < -0.4 is 0 Å². The number of esters is 1. The SMILES string of the molecule is C=C1CC[C@H]2C(C)(C)C(I)CC[C@]2(C)[C@H]1C(=O)OC. The Morgan fingerprint density at radius 3 is 2.58 bits per heavy atom. The second-order valence-corrected chi connectivity index (χ2v) is 8.54. The van der Waals surface area contributed by atoms with E-state index in [1.54, 1.807) is 0 Å². The summed E-state index contributed by atoms with van der Waals surface area (Å²) >= 11 is 2.60. The van der Waals surface area contributed by atoms with Gasteiger partial charge in [-0.15, -0.1) is 0 Å². The summed E-state index contributed by atoms with van der Waals surface area (Å²) < 4.78 is 5.76. The molecule has 108 valence electrons. The third kappa shape index (κ3) is 2.26. The van der Waals surface area contributed by atoms with Gasteiger partial charge in [0, 0.05) is 3.92 Å². The fraction of sp³-hybridized carbons (Fsp3) is 0.812. The van der Waals surface area contributed by atoms with Crippen molar-refractivity contribution in [1.82, 2.24) is 0 Å². The third-order valence-corrected chi connectivity index (χ3v) is 7.92. The molecule has 2 aliphatic carbocycles. The molecule has 2 nitrogen and oxygen atoms in total. The largest absolute Gasteiger partial charge is 0.469 e. The minimum atomic E-state index is -0.112. The summed E-state index contributed by atoms with van der Waals surface area (Å²) in [5.74, 6) is 0.379. The van der Waals surface area contributed by atoms with Crippen LogP contribution in [0.1, 0.15) is 46.5 Å². The molecular formula is C16H25IO2. The number of alkyl halides is 1. The first kappa shape index (κ1) is 15.3. The molecule has 0 saturated heterocycles. The van der Waals surface area contributed by atoms with Crippen molar-refractivity contribution in [3.63, 3.8) is 0 Å². The van der Waals surface area contributed by atoms with Crippen molar-refractivity contribution in [2.45, 2.75) is 50.4 Å². The van der Waals surface area contributed by atoms with Crippen molar-refractivity contribution in [3.8, 4) is 0 Å².